The second kappa shape index (κ2) is 67.9. The van der Waals surface area contributed by atoms with Crippen LogP contribution in [0, 0.1) is 111 Å². The molecule has 8 heterocycles. The zero-order valence-electron chi connectivity index (χ0n) is 56.7. The predicted octanol–water partition coefficient (Wildman–Crippen LogP) is 18.2. The van der Waals surface area contributed by atoms with Crippen LogP contribution in [0.5, 0.6) is 0 Å². The molecule has 0 unspecified atom stereocenters. The molecule has 0 aliphatic carbocycles. The lowest BCUT2D eigenvalue weighted by molar-refractivity contribution is 0.961. The molecule has 0 N–H and O–H groups in total. The Hall–Kier alpha value is -7.22. The van der Waals surface area contributed by atoms with E-state index >= 15 is 0 Å². The maximum atomic E-state index is 4.08. The van der Waals surface area contributed by atoms with Crippen LogP contribution in [0.3, 0.4) is 0 Å². The minimum atomic E-state index is 1.01. The fourth-order valence-electron chi connectivity index (χ4n) is 3.88. The summed E-state index contributed by atoms with van der Waals surface area (Å²) in [5, 5.41) is 22.4. The smallest absolute Gasteiger partial charge is 0.115 e. The topological polar surface area (TPSA) is 180 Å². The van der Waals surface area contributed by atoms with Crippen LogP contribution in [0.25, 0.3) is 0 Å². The molecule has 8 aromatic heterocycles. The van der Waals surface area contributed by atoms with Crippen molar-refractivity contribution < 1.29 is 0 Å². The first-order chi connectivity index (χ1) is 38.4. The molecular weight excluding hydrogens is 989 g/mol. The maximum absolute atomic E-state index is 4.08. The Labute approximate surface area is 491 Å². The van der Waals surface area contributed by atoms with E-state index in [-0.39, 0.29) is 0 Å². The summed E-state index contributed by atoms with van der Waals surface area (Å²) in [6.45, 7) is 64.0. The molecule has 14 heteroatoms. The van der Waals surface area contributed by atoms with E-state index in [9.17, 15) is 0 Å². The number of nitrogens with zero attached hydrogens (tertiary/aromatic N) is 14. The third-order valence-corrected chi connectivity index (χ3v) is 9.54. The number of aromatic nitrogens is 14. The zero-order valence-corrected chi connectivity index (χ0v) is 56.7. The molecule has 0 aliphatic rings. The third-order valence-electron chi connectivity index (χ3n) is 9.54. The molecule has 0 radical (unpaired) electrons. The highest BCUT2D eigenvalue weighted by molar-refractivity contribution is 5.19. The number of aryl methyl sites for hydroxylation is 16. The van der Waals surface area contributed by atoms with Crippen LogP contribution in [0.15, 0.2) is 111 Å². The van der Waals surface area contributed by atoms with Gasteiger partial charge < -0.3 is 0 Å². The van der Waals surface area contributed by atoms with Crippen LogP contribution < -0.4 is 0 Å². The van der Waals surface area contributed by atoms with E-state index < -0.39 is 0 Å². The third kappa shape index (κ3) is 52.8. The van der Waals surface area contributed by atoms with Gasteiger partial charge in [0.25, 0.3) is 0 Å². The first-order valence-corrected chi connectivity index (χ1v) is 28.6. The molecule has 8 rings (SSSR count). The Morgan fingerprint density at radius 3 is 0.713 bits per heavy atom. The van der Waals surface area contributed by atoms with Gasteiger partial charge in [-0.1, -0.05) is 117 Å². The van der Waals surface area contributed by atoms with Crippen molar-refractivity contribution in [1.29, 1.82) is 0 Å². The average Bonchev–Trinajstić information content (AvgIpc) is 3.50. The lowest BCUT2D eigenvalue weighted by Crippen LogP contribution is -1.87. The lowest BCUT2D eigenvalue weighted by Gasteiger charge is -1.92. The van der Waals surface area contributed by atoms with Crippen LogP contribution in [0.2, 0.25) is 0 Å². The number of rotatable bonds is 0. The van der Waals surface area contributed by atoms with Crippen LogP contribution in [0.1, 0.15) is 201 Å². The van der Waals surface area contributed by atoms with Crippen molar-refractivity contribution in [3.8, 4) is 0 Å². The fourth-order valence-corrected chi connectivity index (χ4v) is 3.88. The molecule has 0 bridgehead atoms. The van der Waals surface area contributed by atoms with Crippen LogP contribution in [-0.4, -0.2) is 70.5 Å². The van der Waals surface area contributed by atoms with Gasteiger partial charge in [-0.2, -0.15) is 30.6 Å². The van der Waals surface area contributed by atoms with Gasteiger partial charge in [0.15, 0.2) is 0 Å². The summed E-state index contributed by atoms with van der Waals surface area (Å²) in [6.07, 6.45) is 22.5. The van der Waals surface area contributed by atoms with E-state index in [1.54, 1.807) is 49.8 Å². The second-order valence-electron chi connectivity index (χ2n) is 14.6. The molecular formula is C66H114N14. The van der Waals surface area contributed by atoms with Gasteiger partial charge in [0, 0.05) is 72.9 Å². The molecule has 0 atom stereocenters. The minimum absolute atomic E-state index is 1.01. The number of hydrogen-bond donors (Lipinski definition) is 0. The van der Waals surface area contributed by atoms with Gasteiger partial charge in [-0.05, 0) is 185 Å². The molecule has 0 aliphatic heterocycles. The highest BCUT2D eigenvalue weighted by Gasteiger charge is 1.91. The highest BCUT2D eigenvalue weighted by Crippen LogP contribution is 2.02. The molecule has 14 nitrogen and oxygen atoms in total. The quantitative estimate of drug-likeness (QED) is 0.140. The molecule has 448 valence electrons. The Kier molecular flexibility index (Phi) is 75.8. The first-order valence-electron chi connectivity index (χ1n) is 28.6. The summed E-state index contributed by atoms with van der Waals surface area (Å²) in [7, 11) is 0. The Balaban J connectivity index is -0.000000119. The van der Waals surface area contributed by atoms with Crippen molar-refractivity contribution in [2.24, 2.45) is 0 Å². The summed E-state index contributed by atoms with van der Waals surface area (Å²) < 4.78 is 0. The zero-order chi connectivity index (χ0) is 63.9. The van der Waals surface area contributed by atoms with Gasteiger partial charge in [0.05, 0.1) is 35.2 Å². The average molecular weight is 1100 g/mol. The monoisotopic (exact) mass is 1100 g/mol. The highest BCUT2D eigenvalue weighted by atomic mass is 15.1. The Morgan fingerprint density at radius 2 is 0.512 bits per heavy atom. The van der Waals surface area contributed by atoms with Crippen molar-refractivity contribution in [1.82, 2.24) is 70.5 Å². The Bertz CT molecular complexity index is 1820. The summed E-state index contributed by atoms with van der Waals surface area (Å²) in [5.41, 5.74) is 18.1. The fraction of sp³-hybridized carbons (Fsp3) is 0.485. The summed E-state index contributed by atoms with van der Waals surface area (Å²) >= 11 is 0. The summed E-state index contributed by atoms with van der Waals surface area (Å²) in [6, 6.07) is 9.91. The van der Waals surface area contributed by atoms with Gasteiger partial charge >= 0.3 is 0 Å². The normalized spacial score (nSPS) is 8.00. The number of pyridine rings is 2. The van der Waals surface area contributed by atoms with E-state index in [2.05, 4.69) is 97.3 Å². The minimum Gasteiger partial charge on any atom is -0.264 e. The first kappa shape index (κ1) is 89.4. The predicted molar refractivity (Wildman–Crippen MR) is 347 cm³/mol. The van der Waals surface area contributed by atoms with Crippen molar-refractivity contribution in [3.63, 3.8) is 0 Å². The largest absolute Gasteiger partial charge is 0.264 e. The summed E-state index contributed by atoms with van der Waals surface area (Å²) in [4.78, 5) is 31.7. The van der Waals surface area contributed by atoms with Crippen LogP contribution in [-0.2, 0) is 0 Å². The van der Waals surface area contributed by atoms with Crippen molar-refractivity contribution >= 4 is 0 Å². The molecule has 0 amide bonds. The van der Waals surface area contributed by atoms with Crippen molar-refractivity contribution in [3.05, 3.63) is 201 Å². The second-order valence-corrected chi connectivity index (χ2v) is 14.6. The molecule has 8 aromatic rings. The van der Waals surface area contributed by atoms with Crippen LogP contribution >= 0.6 is 0 Å². The van der Waals surface area contributed by atoms with Crippen LogP contribution in [0.4, 0.5) is 0 Å². The maximum Gasteiger partial charge on any atom is 0.115 e. The van der Waals surface area contributed by atoms with Gasteiger partial charge in [0.2, 0.25) is 0 Å². The van der Waals surface area contributed by atoms with Gasteiger partial charge in [-0.25, -0.2) is 19.9 Å². The lowest BCUT2D eigenvalue weighted by atomic mass is 10.2. The van der Waals surface area contributed by atoms with E-state index in [4.69, 9.17) is 0 Å². The van der Waals surface area contributed by atoms with E-state index in [1.807, 2.05) is 256 Å². The van der Waals surface area contributed by atoms with Gasteiger partial charge in [0.1, 0.15) is 12.7 Å². The molecule has 0 saturated heterocycles. The van der Waals surface area contributed by atoms with Gasteiger partial charge in [-0.3, -0.25) is 19.9 Å². The summed E-state index contributed by atoms with van der Waals surface area (Å²) in [5.74, 6) is 0. The standard InChI is InChI=1S/2C7H9N.6C6H8N2.8C2H6/c1-6-3-4-8-5-7(6)2;1-6-4-3-5-8-7(6)2;2*1-5-3-7-4-8-6(5)2;1-5-3-7-8-4-6(5)2;1-5-6(2)8-4-3-7-5;2*1-5-3-4-7-8-6(5)2;8*1-2/h2*3-5H,1-2H3;6*3-4H,1-2H3;8*1-2H3. The van der Waals surface area contributed by atoms with Crippen molar-refractivity contribution in [2.75, 3.05) is 0 Å². The van der Waals surface area contributed by atoms with E-state index in [1.165, 1.54) is 38.9 Å². The Morgan fingerprint density at radius 1 is 0.212 bits per heavy atom. The van der Waals surface area contributed by atoms with E-state index in [0.717, 1.165) is 51.0 Å². The molecule has 80 heavy (non-hydrogen) atoms. The molecule has 0 fully saturated rings. The molecule has 0 saturated carbocycles. The SMILES string of the molecule is CC.CC.CC.CC.CC.CC.CC.CC.Cc1cccnc1C.Cc1ccncc1C.Cc1ccnnc1C.Cc1ccnnc1C.Cc1cncnc1C.Cc1cncnc1C.Cc1cnncc1C.Cc1nccnc1C. The van der Waals surface area contributed by atoms with Gasteiger partial charge in [-0.15, -0.1) is 0 Å². The molecule has 0 aromatic carbocycles. The van der Waals surface area contributed by atoms with Crippen molar-refractivity contribution in [2.45, 2.75) is 222 Å². The number of hydrogen-bond acceptors (Lipinski definition) is 14. The molecule has 0 spiro atoms. The van der Waals surface area contributed by atoms with E-state index in [0.29, 0.717) is 0 Å².